The van der Waals surface area contributed by atoms with E-state index in [4.69, 9.17) is 5.73 Å². The first-order chi connectivity index (χ1) is 9.22. The van der Waals surface area contributed by atoms with Gasteiger partial charge in [0, 0.05) is 19.1 Å². The van der Waals surface area contributed by atoms with Crippen molar-refractivity contribution in [1.29, 1.82) is 0 Å². The van der Waals surface area contributed by atoms with Gasteiger partial charge >= 0.3 is 0 Å². The van der Waals surface area contributed by atoms with E-state index in [1.807, 2.05) is 12.4 Å². The molecule has 19 heavy (non-hydrogen) atoms. The predicted octanol–water partition coefficient (Wildman–Crippen LogP) is 1.94. The molecule has 3 rings (SSSR count). The summed E-state index contributed by atoms with van der Waals surface area (Å²) in [5, 5.41) is 4.33. The van der Waals surface area contributed by atoms with Crippen molar-refractivity contribution in [2.24, 2.45) is 5.73 Å². The molecule has 0 saturated carbocycles. The van der Waals surface area contributed by atoms with Gasteiger partial charge in [-0.15, -0.1) is 0 Å². The number of nitrogens with zero attached hydrogens (tertiary/aromatic N) is 3. The van der Waals surface area contributed by atoms with E-state index in [0.717, 1.165) is 37.3 Å². The largest absolute Gasteiger partial charge is 0.369 e. The molecule has 1 aliphatic heterocycles. The Bertz CT molecular complexity index is 541. The lowest BCUT2D eigenvalue weighted by Crippen LogP contribution is -2.39. The quantitative estimate of drug-likeness (QED) is 0.897. The van der Waals surface area contributed by atoms with Crippen molar-refractivity contribution in [2.75, 3.05) is 18.0 Å². The van der Waals surface area contributed by atoms with Gasteiger partial charge in [-0.25, -0.2) is 9.07 Å². The average Bonchev–Trinajstić information content (AvgIpc) is 2.90. The van der Waals surface area contributed by atoms with Crippen molar-refractivity contribution >= 4 is 5.69 Å². The number of piperidine rings is 1. The van der Waals surface area contributed by atoms with Crippen molar-refractivity contribution in [3.63, 3.8) is 0 Å². The van der Waals surface area contributed by atoms with Crippen LogP contribution in [0.4, 0.5) is 10.1 Å². The molecule has 1 aromatic heterocycles. The zero-order chi connectivity index (χ0) is 13.2. The highest BCUT2D eigenvalue weighted by Crippen LogP contribution is 2.20. The minimum Gasteiger partial charge on any atom is -0.369 e. The number of hydrogen-bond donors (Lipinski definition) is 1. The Hall–Kier alpha value is -1.88. The van der Waals surface area contributed by atoms with Gasteiger partial charge in [0.1, 0.15) is 5.82 Å². The number of rotatable bonds is 2. The minimum atomic E-state index is -0.235. The predicted molar refractivity (Wildman–Crippen MR) is 72.9 cm³/mol. The average molecular weight is 260 g/mol. The van der Waals surface area contributed by atoms with Crippen LogP contribution in [0.5, 0.6) is 0 Å². The first kappa shape index (κ1) is 12.2. The number of aromatic nitrogens is 2. The van der Waals surface area contributed by atoms with Crippen molar-refractivity contribution in [1.82, 2.24) is 9.78 Å². The zero-order valence-electron chi connectivity index (χ0n) is 10.7. The molecule has 1 saturated heterocycles. The van der Waals surface area contributed by atoms with Crippen LogP contribution in [-0.2, 0) is 0 Å². The monoisotopic (exact) mass is 260 g/mol. The van der Waals surface area contributed by atoms with Crippen LogP contribution in [-0.4, -0.2) is 28.9 Å². The van der Waals surface area contributed by atoms with E-state index in [0.29, 0.717) is 6.04 Å². The third-order valence-corrected chi connectivity index (χ3v) is 3.56. The fourth-order valence-electron chi connectivity index (χ4n) is 2.37. The molecule has 2 heterocycles. The zero-order valence-corrected chi connectivity index (χ0v) is 10.7. The fourth-order valence-corrected chi connectivity index (χ4v) is 2.37. The van der Waals surface area contributed by atoms with E-state index in [1.54, 1.807) is 16.8 Å². The summed E-state index contributed by atoms with van der Waals surface area (Å²) in [5.41, 5.74) is 7.86. The summed E-state index contributed by atoms with van der Waals surface area (Å²) < 4.78 is 14.7. The third kappa shape index (κ3) is 2.61. The smallest absolute Gasteiger partial charge is 0.123 e. The van der Waals surface area contributed by atoms with Gasteiger partial charge in [-0.2, -0.15) is 5.10 Å². The van der Waals surface area contributed by atoms with E-state index in [1.165, 1.54) is 12.1 Å². The molecule has 100 valence electrons. The van der Waals surface area contributed by atoms with Crippen molar-refractivity contribution in [3.05, 3.63) is 42.5 Å². The lowest BCUT2D eigenvalue weighted by atomic mass is 10.1. The maximum Gasteiger partial charge on any atom is 0.123 e. The van der Waals surface area contributed by atoms with Gasteiger partial charge in [-0.3, -0.25) is 0 Å². The van der Waals surface area contributed by atoms with Crippen LogP contribution in [0.1, 0.15) is 12.8 Å². The SMILES string of the molecule is NC1CCN(c2cnn(-c3ccc(F)cc3)c2)CC1. The lowest BCUT2D eigenvalue weighted by molar-refractivity contribution is 0.501. The van der Waals surface area contributed by atoms with Crippen molar-refractivity contribution in [2.45, 2.75) is 18.9 Å². The van der Waals surface area contributed by atoms with E-state index >= 15 is 0 Å². The highest BCUT2D eigenvalue weighted by molar-refractivity contribution is 5.45. The molecule has 0 spiro atoms. The topological polar surface area (TPSA) is 47.1 Å². The number of anilines is 1. The Morgan fingerprint density at radius 3 is 2.47 bits per heavy atom. The Balaban J connectivity index is 1.77. The highest BCUT2D eigenvalue weighted by Gasteiger charge is 2.17. The van der Waals surface area contributed by atoms with Crippen molar-refractivity contribution in [3.8, 4) is 5.69 Å². The Kier molecular flexibility index (Phi) is 3.21. The molecule has 0 unspecified atom stereocenters. The van der Waals surface area contributed by atoms with Gasteiger partial charge in [0.15, 0.2) is 0 Å². The third-order valence-electron chi connectivity index (χ3n) is 3.56. The normalized spacial score (nSPS) is 16.8. The van der Waals surface area contributed by atoms with E-state index < -0.39 is 0 Å². The summed E-state index contributed by atoms with van der Waals surface area (Å²) >= 11 is 0. The second-order valence-electron chi connectivity index (χ2n) is 4.94. The van der Waals surface area contributed by atoms with Gasteiger partial charge in [-0.05, 0) is 37.1 Å². The van der Waals surface area contributed by atoms with Crippen LogP contribution in [0, 0.1) is 5.82 Å². The van der Waals surface area contributed by atoms with Crippen LogP contribution in [0.3, 0.4) is 0 Å². The summed E-state index contributed by atoms with van der Waals surface area (Å²) in [7, 11) is 0. The van der Waals surface area contributed by atoms with Crippen LogP contribution in [0.2, 0.25) is 0 Å². The molecule has 1 fully saturated rings. The number of benzene rings is 1. The summed E-state index contributed by atoms with van der Waals surface area (Å²) in [5.74, 6) is -0.235. The molecule has 0 atom stereocenters. The Morgan fingerprint density at radius 1 is 1.11 bits per heavy atom. The number of nitrogens with two attached hydrogens (primary N) is 1. The summed E-state index contributed by atoms with van der Waals surface area (Å²) in [6.07, 6.45) is 5.85. The summed E-state index contributed by atoms with van der Waals surface area (Å²) in [4.78, 5) is 2.29. The van der Waals surface area contributed by atoms with Gasteiger partial charge in [0.05, 0.1) is 23.8 Å². The lowest BCUT2D eigenvalue weighted by Gasteiger charge is -2.30. The second kappa shape index (κ2) is 5.01. The molecule has 5 heteroatoms. The summed E-state index contributed by atoms with van der Waals surface area (Å²) in [6.45, 7) is 1.94. The van der Waals surface area contributed by atoms with E-state index in [9.17, 15) is 4.39 Å². The van der Waals surface area contributed by atoms with Crippen molar-refractivity contribution < 1.29 is 4.39 Å². The van der Waals surface area contributed by atoms with E-state index in [-0.39, 0.29) is 5.82 Å². The number of hydrogen-bond acceptors (Lipinski definition) is 3. The first-order valence-electron chi connectivity index (χ1n) is 6.53. The van der Waals surface area contributed by atoms with Crippen LogP contribution in [0.25, 0.3) is 5.69 Å². The molecule has 2 N–H and O–H groups in total. The van der Waals surface area contributed by atoms with Gasteiger partial charge in [0.2, 0.25) is 0 Å². The van der Waals surface area contributed by atoms with Gasteiger partial charge in [0.25, 0.3) is 0 Å². The van der Waals surface area contributed by atoms with Crippen LogP contribution in [0.15, 0.2) is 36.7 Å². The standard InChI is InChI=1S/C14H17FN4/c15-11-1-3-13(4-2-11)19-10-14(9-17-19)18-7-5-12(16)6-8-18/h1-4,9-10,12H,5-8,16H2. The summed E-state index contributed by atoms with van der Waals surface area (Å²) in [6, 6.07) is 6.65. The maximum atomic E-state index is 12.9. The van der Waals surface area contributed by atoms with Gasteiger partial charge in [-0.1, -0.05) is 0 Å². The first-order valence-corrected chi connectivity index (χ1v) is 6.53. The molecular formula is C14H17FN4. The molecule has 0 radical (unpaired) electrons. The molecule has 0 bridgehead atoms. The fraction of sp³-hybridized carbons (Fsp3) is 0.357. The molecule has 0 amide bonds. The number of halogens is 1. The Morgan fingerprint density at radius 2 is 1.79 bits per heavy atom. The van der Waals surface area contributed by atoms with Crippen LogP contribution >= 0.6 is 0 Å². The minimum absolute atomic E-state index is 0.235. The molecular weight excluding hydrogens is 243 g/mol. The molecule has 4 nitrogen and oxygen atoms in total. The molecule has 2 aromatic rings. The Labute approximate surface area is 111 Å². The van der Waals surface area contributed by atoms with E-state index in [2.05, 4.69) is 10.00 Å². The van der Waals surface area contributed by atoms with Crippen LogP contribution < -0.4 is 10.6 Å². The molecule has 1 aromatic carbocycles. The maximum absolute atomic E-state index is 12.9. The highest BCUT2D eigenvalue weighted by atomic mass is 19.1. The molecule has 1 aliphatic rings. The van der Waals surface area contributed by atoms with Gasteiger partial charge < -0.3 is 10.6 Å². The molecule has 0 aliphatic carbocycles. The second-order valence-corrected chi connectivity index (χ2v) is 4.94.